The molecule has 0 aromatic carbocycles. The minimum Gasteiger partial charge on any atom is -1.00 e. The van der Waals surface area contributed by atoms with Gasteiger partial charge in [0.25, 0.3) is 0 Å². The van der Waals surface area contributed by atoms with E-state index in [9.17, 15) is 9.59 Å². The summed E-state index contributed by atoms with van der Waals surface area (Å²) in [7, 11) is 10.4. The van der Waals surface area contributed by atoms with Crippen LogP contribution in [0.25, 0.3) is 0 Å². The van der Waals surface area contributed by atoms with E-state index in [1.807, 2.05) is 13.8 Å². The molecule has 0 radical (unpaired) electrons. The molecule has 0 aliphatic heterocycles. The summed E-state index contributed by atoms with van der Waals surface area (Å²) in [5, 5.41) is 15.2. The summed E-state index contributed by atoms with van der Waals surface area (Å²) in [4.78, 5) is 21.6. The highest BCUT2D eigenvalue weighted by Crippen LogP contribution is 2.45. The van der Waals surface area contributed by atoms with Gasteiger partial charge in [0.05, 0.1) is 27.7 Å². The highest BCUT2D eigenvalue weighted by Gasteiger charge is 2.40. The number of hydrogen-bond donors (Lipinski definition) is 3. The summed E-state index contributed by atoms with van der Waals surface area (Å²) >= 11 is 0. The van der Waals surface area contributed by atoms with Crippen molar-refractivity contribution in [2.24, 2.45) is 10.8 Å². The van der Waals surface area contributed by atoms with Gasteiger partial charge in [-0.25, -0.2) is 0 Å². The molecule has 8 nitrogen and oxygen atoms in total. The monoisotopic (exact) mass is 569 g/mol. The molecular weight excluding hydrogens is 506 g/mol. The Morgan fingerprint density at radius 1 is 0.947 bits per heavy atom. The van der Waals surface area contributed by atoms with Gasteiger partial charge in [-0.05, 0) is 69.9 Å². The zero-order valence-corrected chi connectivity index (χ0v) is 27.1. The maximum Gasteiger partial charge on any atom is 0.305 e. The molecule has 232 valence electrons. The predicted octanol–water partition coefficient (Wildman–Crippen LogP) is 1.40. The molecule has 0 aromatic heterocycles. The van der Waals surface area contributed by atoms with Crippen molar-refractivity contribution < 1.29 is 42.5 Å². The fourth-order valence-electron chi connectivity index (χ4n) is 4.79. The van der Waals surface area contributed by atoms with Gasteiger partial charge >= 0.3 is 11.9 Å². The third-order valence-corrected chi connectivity index (χ3v) is 6.20. The van der Waals surface area contributed by atoms with Crippen LogP contribution in [0.15, 0.2) is 0 Å². The van der Waals surface area contributed by atoms with Gasteiger partial charge in [-0.1, -0.05) is 34.6 Å². The number of carbonyl (C=O) groups excluding carboxylic acids is 2. The number of likely N-dealkylation sites (N-methyl/N-ethyl adjacent to an activating group) is 1. The van der Waals surface area contributed by atoms with Crippen LogP contribution in [0.4, 0.5) is 0 Å². The van der Waals surface area contributed by atoms with Gasteiger partial charge in [-0.3, -0.25) is 9.59 Å². The molecule has 0 amide bonds. The topological polar surface area (TPSA) is 96.9 Å². The number of aliphatic hydroxyl groups excluding tert-OH is 1. The highest BCUT2D eigenvalue weighted by atomic mass is 35.5. The van der Waals surface area contributed by atoms with Crippen molar-refractivity contribution in [3.05, 3.63) is 0 Å². The summed E-state index contributed by atoms with van der Waals surface area (Å²) in [6.07, 6.45) is 8.14. The number of hydrogen-bond acceptors (Lipinski definition) is 7. The average molecular weight is 570 g/mol. The largest absolute Gasteiger partial charge is 1.00 e. The van der Waals surface area contributed by atoms with E-state index in [1.54, 1.807) is 0 Å². The summed E-state index contributed by atoms with van der Waals surface area (Å²) < 4.78 is 10.7. The Morgan fingerprint density at radius 2 is 1.47 bits per heavy atom. The van der Waals surface area contributed by atoms with Crippen molar-refractivity contribution in [3.8, 4) is 0 Å². The Hall–Kier alpha value is -0.930. The number of esters is 2. The molecule has 2 unspecified atom stereocenters. The van der Waals surface area contributed by atoms with Crippen LogP contribution in [0, 0.1) is 10.8 Å². The molecule has 38 heavy (non-hydrogen) atoms. The molecule has 2 atom stereocenters. The molecule has 1 saturated carbocycles. The second-order valence-corrected chi connectivity index (χ2v) is 12.5. The predicted molar refractivity (Wildman–Crippen MR) is 156 cm³/mol. The van der Waals surface area contributed by atoms with Crippen LogP contribution in [0.1, 0.15) is 93.8 Å². The van der Waals surface area contributed by atoms with Gasteiger partial charge in [0.1, 0.15) is 13.2 Å². The number of nitrogens with one attached hydrogen (secondary N) is 2. The molecule has 1 aliphatic rings. The highest BCUT2D eigenvalue weighted by molar-refractivity contribution is 5.69. The first-order valence-corrected chi connectivity index (χ1v) is 14.2. The zero-order valence-electron chi connectivity index (χ0n) is 26.4. The van der Waals surface area contributed by atoms with Crippen LogP contribution in [0.5, 0.6) is 0 Å². The fourth-order valence-corrected chi connectivity index (χ4v) is 4.79. The van der Waals surface area contributed by atoms with Crippen LogP contribution in [-0.2, 0) is 19.1 Å². The minimum absolute atomic E-state index is 0. The molecular formula is C29H64ClN3O5. The standard InChI is InChI=1S/C12H26N2.C9H20NO2.C8H16O3.ClH.H2/c1-11(2)6-10(14-5)7-12(3,8-11)9-13-4;1-5-6-9(11)12-8-7-10(2,3)4;1-2-5-8(10)11-7-4-3-6-9;;/h10,13-14H,6-9H2,1-5H3;5-8H2,1-4H3;9H,2-7H2,1H3;2*1H/q;+1;;;/p-1. The van der Waals surface area contributed by atoms with Crippen LogP contribution >= 0.6 is 0 Å². The van der Waals surface area contributed by atoms with E-state index in [0.717, 1.165) is 36.8 Å². The Balaban J connectivity index is -0.000000232. The van der Waals surface area contributed by atoms with Gasteiger partial charge in [0.2, 0.25) is 0 Å². The van der Waals surface area contributed by atoms with E-state index in [2.05, 4.69) is 66.6 Å². The summed E-state index contributed by atoms with van der Waals surface area (Å²) in [5.41, 5.74) is 0.946. The van der Waals surface area contributed by atoms with E-state index < -0.39 is 0 Å². The zero-order chi connectivity index (χ0) is 29.0. The van der Waals surface area contributed by atoms with Crippen LogP contribution in [-0.4, -0.2) is 95.7 Å². The number of ether oxygens (including phenoxy) is 2. The van der Waals surface area contributed by atoms with Crippen molar-refractivity contribution >= 4 is 11.9 Å². The van der Waals surface area contributed by atoms with Gasteiger partial charge in [-0.15, -0.1) is 0 Å². The number of nitrogens with zero attached hydrogens (tertiary/aromatic N) is 1. The third-order valence-electron chi connectivity index (χ3n) is 6.20. The summed E-state index contributed by atoms with van der Waals surface area (Å²) in [6.45, 7) is 14.3. The minimum atomic E-state index is -0.134. The molecule has 0 saturated heterocycles. The Labute approximate surface area is 242 Å². The number of aliphatic hydroxyl groups is 1. The maximum absolute atomic E-state index is 10.9. The first-order chi connectivity index (χ1) is 17.2. The van der Waals surface area contributed by atoms with Crippen molar-refractivity contribution in [2.75, 3.05) is 68.1 Å². The van der Waals surface area contributed by atoms with Crippen LogP contribution in [0.3, 0.4) is 0 Å². The van der Waals surface area contributed by atoms with Crippen molar-refractivity contribution in [1.82, 2.24) is 10.6 Å². The van der Waals surface area contributed by atoms with E-state index in [-0.39, 0.29) is 32.4 Å². The number of unbranched alkanes of at least 4 members (excludes halogenated alkanes) is 1. The quantitative estimate of drug-likeness (QED) is 0.165. The van der Waals surface area contributed by atoms with Gasteiger partial charge in [-0.2, -0.15) is 0 Å². The number of quaternary nitrogens is 1. The molecule has 0 aromatic rings. The average Bonchev–Trinajstić information content (AvgIpc) is 2.76. The van der Waals surface area contributed by atoms with Crippen molar-refractivity contribution in [3.63, 3.8) is 0 Å². The SMILES string of the molecule is CCCC(=O)OCCCCO.CCCC(=O)OCC[N+](C)(C)C.CNCC1(C)CC(NC)CC(C)(C)C1.[Cl-].[HH]. The first kappa shape index (κ1) is 41.5. The number of rotatable bonds is 14. The first-order valence-electron chi connectivity index (χ1n) is 14.2. The fraction of sp³-hybridized carbons (Fsp3) is 0.931. The van der Waals surface area contributed by atoms with Crippen LogP contribution < -0.4 is 23.0 Å². The molecule has 1 fully saturated rings. The Morgan fingerprint density at radius 3 is 1.89 bits per heavy atom. The molecule has 0 heterocycles. The van der Waals surface area contributed by atoms with Crippen LogP contribution in [0.2, 0.25) is 0 Å². The number of carbonyl (C=O) groups is 2. The molecule has 0 spiro atoms. The molecule has 9 heteroatoms. The lowest BCUT2D eigenvalue weighted by molar-refractivity contribution is -0.870. The van der Waals surface area contributed by atoms with Crippen molar-refractivity contribution in [2.45, 2.75) is 98.4 Å². The van der Waals surface area contributed by atoms with Crippen molar-refractivity contribution in [1.29, 1.82) is 0 Å². The van der Waals surface area contributed by atoms with E-state index in [4.69, 9.17) is 14.6 Å². The Bertz CT molecular complexity index is 606. The van der Waals surface area contributed by atoms with Gasteiger partial charge in [0.15, 0.2) is 0 Å². The lowest BCUT2D eigenvalue weighted by atomic mass is 9.62. The second kappa shape index (κ2) is 22.8. The lowest BCUT2D eigenvalue weighted by Crippen LogP contribution is -3.00. The summed E-state index contributed by atoms with van der Waals surface area (Å²) in [6, 6.07) is 0.692. The molecule has 1 aliphatic carbocycles. The van der Waals surface area contributed by atoms with E-state index in [0.29, 0.717) is 49.3 Å². The Kier molecular flexibility index (Phi) is 25.0. The molecule has 1 rings (SSSR count). The van der Waals surface area contributed by atoms with Gasteiger partial charge in [0, 0.05) is 33.5 Å². The van der Waals surface area contributed by atoms with E-state index >= 15 is 0 Å². The molecule has 3 N–H and O–H groups in total. The second-order valence-electron chi connectivity index (χ2n) is 12.5. The third kappa shape index (κ3) is 25.4. The van der Waals surface area contributed by atoms with E-state index in [1.165, 1.54) is 19.3 Å². The molecule has 0 bridgehead atoms. The van der Waals surface area contributed by atoms with Gasteiger partial charge < -0.3 is 42.1 Å². The maximum atomic E-state index is 10.9. The number of halogens is 1. The summed E-state index contributed by atoms with van der Waals surface area (Å²) in [5.74, 6) is -0.212. The normalized spacial score (nSPS) is 20.0. The lowest BCUT2D eigenvalue weighted by Gasteiger charge is -2.46. The smallest absolute Gasteiger partial charge is 0.305 e.